The van der Waals surface area contributed by atoms with Crippen molar-refractivity contribution in [3.63, 3.8) is 0 Å². The van der Waals surface area contributed by atoms with Crippen LogP contribution in [0.5, 0.6) is 0 Å². The van der Waals surface area contributed by atoms with Gasteiger partial charge in [0.15, 0.2) is 0 Å². The Balaban J connectivity index is 2.01. The molecule has 2 atom stereocenters. The van der Waals surface area contributed by atoms with Crippen molar-refractivity contribution in [2.45, 2.75) is 51.6 Å². The molecule has 2 heterocycles. The van der Waals surface area contributed by atoms with Gasteiger partial charge in [0, 0.05) is 24.4 Å². The van der Waals surface area contributed by atoms with Gasteiger partial charge in [-0.25, -0.2) is 0 Å². The number of nitrogens with one attached hydrogen (secondary N) is 1. The van der Waals surface area contributed by atoms with Crippen LogP contribution in [0.4, 0.5) is 0 Å². The molecule has 21 heavy (non-hydrogen) atoms. The topological polar surface area (TPSA) is 68.8 Å². The Bertz CT molecular complexity index is 619. The summed E-state index contributed by atoms with van der Waals surface area (Å²) in [5.41, 5.74) is 7.74. The van der Waals surface area contributed by atoms with Crippen LogP contribution < -0.4 is 11.3 Å². The second-order valence-corrected chi connectivity index (χ2v) is 5.72. The molecule has 112 valence electrons. The fourth-order valence-corrected chi connectivity index (χ4v) is 3.45. The smallest absolute Gasteiger partial charge is 0.0712 e. The summed E-state index contributed by atoms with van der Waals surface area (Å²) in [6.07, 6.45) is 5.28. The van der Waals surface area contributed by atoms with Crippen LogP contribution in [0.25, 0.3) is 0 Å². The van der Waals surface area contributed by atoms with Crippen LogP contribution in [0.3, 0.4) is 0 Å². The van der Waals surface area contributed by atoms with Crippen LogP contribution >= 0.6 is 0 Å². The van der Waals surface area contributed by atoms with Gasteiger partial charge in [0.1, 0.15) is 0 Å². The van der Waals surface area contributed by atoms with Crippen LogP contribution in [0, 0.1) is 6.92 Å². The molecule has 5 nitrogen and oxygen atoms in total. The normalized spacial score (nSPS) is 19.3. The fourth-order valence-electron chi connectivity index (χ4n) is 3.45. The highest BCUT2D eigenvalue weighted by Gasteiger charge is 2.31. The molecule has 2 aromatic heterocycles. The van der Waals surface area contributed by atoms with Crippen molar-refractivity contribution in [2.24, 2.45) is 5.84 Å². The van der Waals surface area contributed by atoms with Crippen molar-refractivity contribution in [1.82, 2.24) is 20.2 Å². The molecule has 3 N–H and O–H groups in total. The second-order valence-electron chi connectivity index (χ2n) is 5.72. The summed E-state index contributed by atoms with van der Waals surface area (Å²) in [6, 6.07) is 6.39. The summed E-state index contributed by atoms with van der Waals surface area (Å²) in [7, 11) is 0. The summed E-state index contributed by atoms with van der Waals surface area (Å²) in [5.74, 6) is 6.21. The third-order valence-corrected chi connectivity index (χ3v) is 4.37. The van der Waals surface area contributed by atoms with E-state index >= 15 is 0 Å². The number of aromatic nitrogens is 3. The molecule has 0 saturated heterocycles. The molecule has 0 aromatic carbocycles. The number of nitrogens with zero attached hydrogens (tertiary/aromatic N) is 3. The summed E-state index contributed by atoms with van der Waals surface area (Å²) in [5, 5.41) is 4.55. The van der Waals surface area contributed by atoms with Gasteiger partial charge in [-0.3, -0.25) is 20.9 Å². The van der Waals surface area contributed by atoms with Gasteiger partial charge in [0.05, 0.1) is 17.4 Å². The Morgan fingerprint density at radius 3 is 3.14 bits per heavy atom. The van der Waals surface area contributed by atoms with E-state index in [4.69, 9.17) is 5.84 Å². The molecule has 0 saturated carbocycles. The monoisotopic (exact) mass is 285 g/mol. The van der Waals surface area contributed by atoms with E-state index in [1.807, 2.05) is 23.9 Å². The maximum atomic E-state index is 5.91. The molecule has 0 spiro atoms. The standard InChI is InChI=1S/C16H23N5/c1-3-21-14(10-11(2)20-21)16(19-17)13-8-4-6-12-7-5-9-18-15(12)13/h5,7,9-10,13,16,19H,3-4,6,8,17H2,1-2H3. The lowest BCUT2D eigenvalue weighted by atomic mass is 9.81. The van der Waals surface area contributed by atoms with E-state index in [1.165, 1.54) is 17.7 Å². The average Bonchev–Trinajstić information content (AvgIpc) is 2.89. The highest BCUT2D eigenvalue weighted by atomic mass is 15.3. The lowest BCUT2D eigenvalue weighted by molar-refractivity contribution is 0.377. The molecular weight excluding hydrogens is 262 g/mol. The quantitative estimate of drug-likeness (QED) is 0.667. The first kappa shape index (κ1) is 14.2. The predicted octanol–water partition coefficient (Wildman–Crippen LogP) is 2.23. The number of hydrazine groups is 1. The van der Waals surface area contributed by atoms with E-state index in [0.29, 0.717) is 5.92 Å². The number of pyridine rings is 1. The first-order valence-electron chi connectivity index (χ1n) is 7.68. The number of hydrogen-bond donors (Lipinski definition) is 2. The minimum atomic E-state index is 0.0556. The molecule has 5 heteroatoms. The van der Waals surface area contributed by atoms with Crippen LogP contribution in [0.15, 0.2) is 24.4 Å². The third kappa shape index (κ3) is 2.59. The molecule has 0 bridgehead atoms. The predicted molar refractivity (Wildman–Crippen MR) is 82.6 cm³/mol. The zero-order valence-electron chi connectivity index (χ0n) is 12.7. The van der Waals surface area contributed by atoms with E-state index in [-0.39, 0.29) is 6.04 Å². The molecule has 0 fully saturated rings. The zero-order valence-corrected chi connectivity index (χ0v) is 12.7. The Labute approximate surface area is 125 Å². The Morgan fingerprint density at radius 2 is 2.38 bits per heavy atom. The van der Waals surface area contributed by atoms with Crippen molar-refractivity contribution in [1.29, 1.82) is 0 Å². The molecule has 3 rings (SSSR count). The molecule has 0 aliphatic heterocycles. The van der Waals surface area contributed by atoms with Gasteiger partial charge in [-0.2, -0.15) is 5.10 Å². The first-order chi connectivity index (χ1) is 10.2. The summed E-state index contributed by atoms with van der Waals surface area (Å²) < 4.78 is 2.04. The van der Waals surface area contributed by atoms with E-state index in [1.54, 1.807) is 0 Å². The molecule has 0 amide bonds. The van der Waals surface area contributed by atoms with Crippen molar-refractivity contribution in [2.75, 3.05) is 0 Å². The minimum absolute atomic E-state index is 0.0556. The van der Waals surface area contributed by atoms with Gasteiger partial charge in [-0.05, 0) is 50.8 Å². The molecule has 0 radical (unpaired) electrons. The zero-order chi connectivity index (χ0) is 14.8. The van der Waals surface area contributed by atoms with Crippen molar-refractivity contribution < 1.29 is 0 Å². The molecular formula is C16H23N5. The lowest BCUT2D eigenvalue weighted by Crippen LogP contribution is -2.35. The number of hydrogen-bond acceptors (Lipinski definition) is 4. The van der Waals surface area contributed by atoms with Crippen LogP contribution in [-0.4, -0.2) is 14.8 Å². The summed E-state index contributed by atoms with van der Waals surface area (Å²) in [6.45, 7) is 4.98. The number of nitrogens with two attached hydrogens (primary N) is 1. The summed E-state index contributed by atoms with van der Waals surface area (Å²) in [4.78, 5) is 4.63. The molecule has 1 aliphatic rings. The first-order valence-corrected chi connectivity index (χ1v) is 7.68. The number of rotatable bonds is 4. The van der Waals surface area contributed by atoms with Crippen molar-refractivity contribution in [3.05, 3.63) is 47.0 Å². The maximum Gasteiger partial charge on any atom is 0.0712 e. The molecule has 2 unspecified atom stereocenters. The average molecular weight is 285 g/mol. The van der Waals surface area contributed by atoms with Crippen LogP contribution in [0.1, 0.15) is 54.4 Å². The van der Waals surface area contributed by atoms with E-state index in [9.17, 15) is 0 Å². The number of fused-ring (bicyclic) bond motifs is 1. The highest BCUT2D eigenvalue weighted by Crippen LogP contribution is 2.38. The maximum absolute atomic E-state index is 5.91. The van der Waals surface area contributed by atoms with Gasteiger partial charge in [0.2, 0.25) is 0 Å². The second kappa shape index (κ2) is 5.95. The number of aryl methyl sites for hydroxylation is 3. The van der Waals surface area contributed by atoms with Gasteiger partial charge in [-0.15, -0.1) is 0 Å². The largest absolute Gasteiger partial charge is 0.271 e. The van der Waals surface area contributed by atoms with Crippen molar-refractivity contribution in [3.8, 4) is 0 Å². The Kier molecular flexibility index (Phi) is 4.03. The molecule has 2 aromatic rings. The third-order valence-electron chi connectivity index (χ3n) is 4.37. The van der Waals surface area contributed by atoms with Gasteiger partial charge in [-0.1, -0.05) is 6.07 Å². The minimum Gasteiger partial charge on any atom is -0.271 e. The molecule has 1 aliphatic carbocycles. The van der Waals surface area contributed by atoms with Crippen molar-refractivity contribution >= 4 is 0 Å². The lowest BCUT2D eigenvalue weighted by Gasteiger charge is -2.31. The van der Waals surface area contributed by atoms with E-state index in [2.05, 4.69) is 34.6 Å². The van der Waals surface area contributed by atoms with Gasteiger partial charge in [0.25, 0.3) is 0 Å². The van der Waals surface area contributed by atoms with Crippen LogP contribution in [0.2, 0.25) is 0 Å². The van der Waals surface area contributed by atoms with E-state index < -0.39 is 0 Å². The van der Waals surface area contributed by atoms with Gasteiger partial charge < -0.3 is 0 Å². The van der Waals surface area contributed by atoms with Gasteiger partial charge >= 0.3 is 0 Å². The Morgan fingerprint density at radius 1 is 1.52 bits per heavy atom. The fraction of sp³-hybridized carbons (Fsp3) is 0.500. The van der Waals surface area contributed by atoms with Crippen LogP contribution in [-0.2, 0) is 13.0 Å². The van der Waals surface area contributed by atoms with E-state index in [0.717, 1.165) is 30.8 Å². The summed E-state index contributed by atoms with van der Waals surface area (Å²) >= 11 is 0. The highest BCUT2D eigenvalue weighted by molar-refractivity contribution is 5.30. The Hall–Kier alpha value is -1.72. The SMILES string of the molecule is CCn1nc(C)cc1C(NN)C1CCCc2cccnc21.